The zero-order chi connectivity index (χ0) is 16.9. The summed E-state index contributed by atoms with van der Waals surface area (Å²) in [5, 5.41) is 8.78. The topological polar surface area (TPSA) is 66.8 Å². The standard InChI is InChI=1S/C13H13BrF3NO4/c1-2-5-18(7-11(19)20)12(21)8-3-4-9(14)10(6-8)22-13(15,16)17/h3-4,6H,2,5,7H2,1H3,(H,19,20). The van der Waals surface area contributed by atoms with Crippen molar-refractivity contribution in [2.45, 2.75) is 19.7 Å². The van der Waals surface area contributed by atoms with Crippen LogP contribution in [0.5, 0.6) is 5.75 Å². The van der Waals surface area contributed by atoms with Gasteiger partial charge in [-0.25, -0.2) is 0 Å². The molecular formula is C13H13BrF3NO4. The molecule has 1 aromatic carbocycles. The Balaban J connectivity index is 3.06. The molecule has 0 radical (unpaired) electrons. The van der Waals surface area contributed by atoms with Gasteiger partial charge in [0.25, 0.3) is 5.91 Å². The summed E-state index contributed by atoms with van der Waals surface area (Å²) in [6.07, 6.45) is -4.38. The molecule has 0 heterocycles. The van der Waals surface area contributed by atoms with Gasteiger partial charge < -0.3 is 14.7 Å². The number of halogens is 4. The first-order valence-electron chi connectivity index (χ1n) is 6.20. The van der Waals surface area contributed by atoms with Crippen molar-refractivity contribution in [2.75, 3.05) is 13.1 Å². The minimum atomic E-state index is -4.89. The number of alkyl halides is 3. The van der Waals surface area contributed by atoms with E-state index in [1.165, 1.54) is 12.1 Å². The second-order valence-corrected chi connectivity index (χ2v) is 5.17. The van der Waals surface area contributed by atoms with Crippen molar-refractivity contribution >= 4 is 27.8 Å². The Hall–Kier alpha value is -1.77. The van der Waals surface area contributed by atoms with Gasteiger partial charge in [0, 0.05) is 12.1 Å². The molecule has 0 spiro atoms. The molecule has 1 rings (SSSR count). The highest BCUT2D eigenvalue weighted by molar-refractivity contribution is 9.10. The number of nitrogens with zero attached hydrogens (tertiary/aromatic N) is 1. The molecule has 0 unspecified atom stereocenters. The van der Waals surface area contributed by atoms with Crippen LogP contribution >= 0.6 is 15.9 Å². The Morgan fingerprint density at radius 3 is 2.50 bits per heavy atom. The predicted molar refractivity (Wildman–Crippen MR) is 74.7 cm³/mol. The van der Waals surface area contributed by atoms with Gasteiger partial charge in [-0.2, -0.15) is 0 Å². The maximum atomic E-state index is 12.3. The molecular weight excluding hydrogens is 371 g/mol. The number of carbonyl (C=O) groups excluding carboxylic acids is 1. The number of ether oxygens (including phenoxy) is 1. The molecule has 22 heavy (non-hydrogen) atoms. The lowest BCUT2D eigenvalue weighted by atomic mass is 10.2. The quantitative estimate of drug-likeness (QED) is 0.818. The Bertz CT molecular complexity index is 563. The van der Waals surface area contributed by atoms with Gasteiger partial charge in [0.2, 0.25) is 0 Å². The molecule has 0 atom stereocenters. The number of carboxylic acids is 1. The third-order valence-electron chi connectivity index (χ3n) is 2.51. The molecule has 5 nitrogen and oxygen atoms in total. The summed E-state index contributed by atoms with van der Waals surface area (Å²) in [6, 6.07) is 3.45. The van der Waals surface area contributed by atoms with Crippen LogP contribution in [0.4, 0.5) is 13.2 Å². The number of rotatable bonds is 6. The van der Waals surface area contributed by atoms with Gasteiger partial charge in [-0.1, -0.05) is 6.92 Å². The third-order valence-corrected chi connectivity index (χ3v) is 3.17. The number of carbonyl (C=O) groups is 2. The van der Waals surface area contributed by atoms with Gasteiger partial charge in [-0.15, -0.1) is 13.2 Å². The second kappa shape index (κ2) is 7.48. The minimum absolute atomic E-state index is 0.0293. The average Bonchev–Trinajstić information content (AvgIpc) is 2.38. The predicted octanol–water partition coefficient (Wildman–Crippen LogP) is 3.28. The number of amides is 1. The van der Waals surface area contributed by atoms with Crippen LogP contribution in [0.2, 0.25) is 0 Å². The molecule has 0 aliphatic rings. The lowest BCUT2D eigenvalue weighted by Crippen LogP contribution is -2.36. The van der Waals surface area contributed by atoms with Crippen molar-refractivity contribution in [3.8, 4) is 5.75 Å². The molecule has 0 aromatic heterocycles. The fraction of sp³-hybridized carbons (Fsp3) is 0.385. The number of hydrogen-bond donors (Lipinski definition) is 1. The summed E-state index contributed by atoms with van der Waals surface area (Å²) < 4.78 is 40.7. The Morgan fingerprint density at radius 1 is 1.36 bits per heavy atom. The fourth-order valence-electron chi connectivity index (χ4n) is 1.71. The Labute approximate surface area is 132 Å². The van der Waals surface area contributed by atoms with Crippen LogP contribution in [0, 0.1) is 0 Å². The molecule has 9 heteroatoms. The van der Waals surface area contributed by atoms with E-state index in [1.54, 1.807) is 6.92 Å². The van der Waals surface area contributed by atoms with Crippen molar-refractivity contribution in [3.05, 3.63) is 28.2 Å². The van der Waals surface area contributed by atoms with E-state index in [4.69, 9.17) is 5.11 Å². The van der Waals surface area contributed by atoms with Crippen molar-refractivity contribution in [3.63, 3.8) is 0 Å². The molecule has 0 bridgehead atoms. The average molecular weight is 384 g/mol. The van der Waals surface area contributed by atoms with Crippen LogP contribution in [-0.4, -0.2) is 41.3 Å². The molecule has 0 saturated carbocycles. The minimum Gasteiger partial charge on any atom is -0.480 e. The van der Waals surface area contributed by atoms with Gasteiger partial charge in [-0.05, 0) is 40.5 Å². The van der Waals surface area contributed by atoms with Crippen molar-refractivity contribution in [1.82, 2.24) is 4.90 Å². The van der Waals surface area contributed by atoms with E-state index < -0.39 is 30.5 Å². The van der Waals surface area contributed by atoms with Crippen LogP contribution in [-0.2, 0) is 4.79 Å². The van der Waals surface area contributed by atoms with Crippen LogP contribution in [0.25, 0.3) is 0 Å². The largest absolute Gasteiger partial charge is 0.573 e. The van der Waals surface area contributed by atoms with E-state index in [2.05, 4.69) is 20.7 Å². The third kappa shape index (κ3) is 5.55. The van der Waals surface area contributed by atoms with E-state index in [-0.39, 0.29) is 16.6 Å². The zero-order valence-electron chi connectivity index (χ0n) is 11.5. The Morgan fingerprint density at radius 2 is 2.00 bits per heavy atom. The summed E-state index contributed by atoms with van der Waals surface area (Å²) in [7, 11) is 0. The zero-order valence-corrected chi connectivity index (χ0v) is 13.1. The van der Waals surface area contributed by atoms with Crippen LogP contribution in [0.3, 0.4) is 0 Å². The second-order valence-electron chi connectivity index (χ2n) is 4.31. The molecule has 0 saturated heterocycles. The van der Waals surface area contributed by atoms with Gasteiger partial charge >= 0.3 is 12.3 Å². The first-order chi connectivity index (χ1) is 10.1. The fourth-order valence-corrected chi connectivity index (χ4v) is 2.04. The smallest absolute Gasteiger partial charge is 0.480 e. The molecule has 122 valence electrons. The lowest BCUT2D eigenvalue weighted by Gasteiger charge is -2.20. The number of aliphatic carboxylic acids is 1. The first-order valence-corrected chi connectivity index (χ1v) is 6.99. The highest BCUT2D eigenvalue weighted by Crippen LogP contribution is 2.31. The monoisotopic (exact) mass is 383 g/mol. The Kier molecular flexibility index (Phi) is 6.21. The molecule has 1 amide bonds. The molecule has 1 aromatic rings. The number of hydrogen-bond acceptors (Lipinski definition) is 3. The van der Waals surface area contributed by atoms with Crippen LogP contribution in [0.1, 0.15) is 23.7 Å². The number of carboxylic acid groups (broad SMARTS) is 1. The van der Waals surface area contributed by atoms with Gasteiger partial charge in [0.05, 0.1) is 4.47 Å². The highest BCUT2D eigenvalue weighted by Gasteiger charge is 2.32. The van der Waals surface area contributed by atoms with Gasteiger partial charge in [-0.3, -0.25) is 9.59 Å². The summed E-state index contributed by atoms with van der Waals surface area (Å²) in [6.45, 7) is 1.40. The van der Waals surface area contributed by atoms with Crippen LogP contribution in [0.15, 0.2) is 22.7 Å². The lowest BCUT2D eigenvalue weighted by molar-refractivity contribution is -0.274. The SMILES string of the molecule is CCCN(CC(=O)O)C(=O)c1ccc(Br)c(OC(F)(F)F)c1. The summed E-state index contributed by atoms with van der Waals surface area (Å²) in [5.41, 5.74) is -0.0860. The highest BCUT2D eigenvalue weighted by atomic mass is 79.9. The van der Waals surface area contributed by atoms with Crippen molar-refractivity contribution in [1.29, 1.82) is 0 Å². The van der Waals surface area contributed by atoms with E-state index in [1.807, 2.05) is 0 Å². The van der Waals surface area contributed by atoms with Crippen molar-refractivity contribution < 1.29 is 32.6 Å². The molecule has 1 N–H and O–H groups in total. The molecule has 0 aliphatic heterocycles. The van der Waals surface area contributed by atoms with Gasteiger partial charge in [0.15, 0.2) is 0 Å². The normalized spacial score (nSPS) is 11.1. The first kappa shape index (κ1) is 18.3. The van der Waals surface area contributed by atoms with Crippen LogP contribution < -0.4 is 4.74 Å². The van der Waals surface area contributed by atoms with E-state index in [0.717, 1.165) is 11.0 Å². The summed E-state index contributed by atoms with van der Waals surface area (Å²) in [4.78, 5) is 24.0. The molecule has 0 aliphatic carbocycles. The summed E-state index contributed by atoms with van der Waals surface area (Å²) >= 11 is 2.90. The van der Waals surface area contributed by atoms with Crippen molar-refractivity contribution in [2.24, 2.45) is 0 Å². The van der Waals surface area contributed by atoms with E-state index >= 15 is 0 Å². The maximum Gasteiger partial charge on any atom is 0.573 e. The van der Waals surface area contributed by atoms with Gasteiger partial charge in [0.1, 0.15) is 12.3 Å². The maximum absolute atomic E-state index is 12.3. The number of benzene rings is 1. The summed E-state index contributed by atoms with van der Waals surface area (Å²) in [5.74, 6) is -2.44. The van der Waals surface area contributed by atoms with E-state index in [9.17, 15) is 22.8 Å². The molecule has 0 fully saturated rings. The van der Waals surface area contributed by atoms with E-state index in [0.29, 0.717) is 6.42 Å².